The molecule has 0 radical (unpaired) electrons. The summed E-state index contributed by atoms with van der Waals surface area (Å²) in [4.78, 5) is 20.5. The molecule has 0 saturated heterocycles. The normalized spacial score (nSPS) is 15.8. The molecule has 0 spiro atoms. The average molecular weight is 504 g/mol. The number of nitrogens with one attached hydrogen (secondary N) is 1. The van der Waals surface area contributed by atoms with E-state index in [1.54, 1.807) is 12.1 Å². The van der Waals surface area contributed by atoms with Gasteiger partial charge in [-0.05, 0) is 56.2 Å². The van der Waals surface area contributed by atoms with Crippen molar-refractivity contribution in [3.63, 3.8) is 0 Å². The summed E-state index contributed by atoms with van der Waals surface area (Å²) >= 11 is 19.1. The molecule has 1 amide bonds. The van der Waals surface area contributed by atoms with Crippen LogP contribution in [0.15, 0.2) is 36.4 Å². The highest BCUT2D eigenvalue weighted by atomic mass is 35.5. The third-order valence-electron chi connectivity index (χ3n) is 6.54. The molecule has 1 aliphatic heterocycles. The molecular weight excluding hydrogens is 479 g/mol. The molecule has 5 rings (SSSR count). The molecular formula is C25H25Cl3N4O. The van der Waals surface area contributed by atoms with Gasteiger partial charge in [0.2, 0.25) is 0 Å². The molecule has 0 bridgehead atoms. The zero-order chi connectivity index (χ0) is 23.1. The Morgan fingerprint density at radius 1 is 1.03 bits per heavy atom. The molecule has 1 N–H and O–H groups in total. The maximum Gasteiger partial charge on any atom is 0.272 e. The Morgan fingerprint density at radius 2 is 1.76 bits per heavy atom. The molecule has 1 saturated carbocycles. The van der Waals surface area contributed by atoms with Gasteiger partial charge in [0.15, 0.2) is 5.69 Å². The first-order valence-corrected chi connectivity index (χ1v) is 12.5. The number of hydrogen-bond acceptors (Lipinski definition) is 3. The highest BCUT2D eigenvalue weighted by Crippen LogP contribution is 2.40. The average Bonchev–Trinajstić information content (AvgIpc) is 3.18. The maximum atomic E-state index is 13.4. The summed E-state index contributed by atoms with van der Waals surface area (Å²) in [6, 6.07) is 11.3. The summed E-state index contributed by atoms with van der Waals surface area (Å²) in [5, 5.41) is 4.93. The molecule has 1 aliphatic carbocycles. The Bertz CT molecular complexity index is 1220. The van der Waals surface area contributed by atoms with Crippen molar-refractivity contribution in [2.75, 3.05) is 11.4 Å². The predicted octanol–water partition coefficient (Wildman–Crippen LogP) is 6.90. The topological polar surface area (TPSA) is 50.2 Å². The van der Waals surface area contributed by atoms with Gasteiger partial charge >= 0.3 is 0 Å². The Morgan fingerprint density at radius 3 is 2.48 bits per heavy atom. The van der Waals surface area contributed by atoms with E-state index in [0.717, 1.165) is 54.9 Å². The number of anilines is 1. The smallest absolute Gasteiger partial charge is 0.272 e. The van der Waals surface area contributed by atoms with Crippen molar-refractivity contribution >= 4 is 46.4 Å². The van der Waals surface area contributed by atoms with Crippen LogP contribution in [0.25, 0.3) is 17.1 Å². The number of carbonyl (C=O) groups excluding carboxylic acids is 1. The fourth-order valence-corrected chi connectivity index (χ4v) is 5.54. The highest BCUT2D eigenvalue weighted by Gasteiger charge is 2.32. The van der Waals surface area contributed by atoms with Gasteiger partial charge in [-0.1, -0.05) is 54.1 Å². The number of hydrogen-bond donors (Lipinski definition) is 1. The lowest BCUT2D eigenvalue weighted by Gasteiger charge is -2.32. The van der Waals surface area contributed by atoms with Crippen LogP contribution in [-0.4, -0.2) is 28.0 Å². The van der Waals surface area contributed by atoms with Crippen LogP contribution in [0.2, 0.25) is 15.1 Å². The Hall–Kier alpha value is -2.21. The van der Waals surface area contributed by atoms with E-state index >= 15 is 0 Å². The quantitative estimate of drug-likeness (QED) is 0.421. The third kappa shape index (κ3) is 4.23. The van der Waals surface area contributed by atoms with E-state index in [9.17, 15) is 4.79 Å². The van der Waals surface area contributed by atoms with E-state index < -0.39 is 0 Å². The summed E-state index contributed by atoms with van der Waals surface area (Å²) in [7, 11) is 0. The number of aromatic nitrogens is 2. The molecule has 1 fully saturated rings. The van der Waals surface area contributed by atoms with Crippen LogP contribution in [0, 0.1) is 0 Å². The van der Waals surface area contributed by atoms with E-state index in [-0.39, 0.29) is 11.9 Å². The van der Waals surface area contributed by atoms with Gasteiger partial charge in [0, 0.05) is 28.2 Å². The summed E-state index contributed by atoms with van der Waals surface area (Å²) < 4.78 is 2.04. The number of rotatable bonds is 4. The zero-order valence-electron chi connectivity index (χ0n) is 18.4. The second-order valence-electron chi connectivity index (χ2n) is 8.65. The van der Waals surface area contributed by atoms with Crippen molar-refractivity contribution in [3.05, 3.63) is 62.9 Å². The van der Waals surface area contributed by atoms with Crippen molar-refractivity contribution in [1.29, 1.82) is 0 Å². The summed E-state index contributed by atoms with van der Waals surface area (Å²) in [5.74, 6) is 0.496. The number of nitrogens with zero attached hydrogens (tertiary/aromatic N) is 3. The molecule has 3 aromatic rings. The molecule has 0 atom stereocenters. The lowest BCUT2D eigenvalue weighted by molar-refractivity contribution is 0.0922. The van der Waals surface area contributed by atoms with Gasteiger partial charge < -0.3 is 10.2 Å². The van der Waals surface area contributed by atoms with Gasteiger partial charge in [-0.25, -0.2) is 4.98 Å². The lowest BCUT2D eigenvalue weighted by atomic mass is 9.95. The van der Waals surface area contributed by atoms with Crippen LogP contribution >= 0.6 is 34.8 Å². The van der Waals surface area contributed by atoms with Crippen LogP contribution < -0.4 is 10.2 Å². The van der Waals surface area contributed by atoms with Crippen molar-refractivity contribution in [2.24, 2.45) is 0 Å². The van der Waals surface area contributed by atoms with E-state index in [1.807, 2.05) is 28.8 Å². The minimum atomic E-state index is -0.129. The molecule has 0 unspecified atom stereocenters. The van der Waals surface area contributed by atoms with Crippen molar-refractivity contribution in [2.45, 2.75) is 51.6 Å². The minimum Gasteiger partial charge on any atom is -0.364 e. The number of halogens is 3. The van der Waals surface area contributed by atoms with Crippen LogP contribution in [-0.2, 0) is 6.54 Å². The van der Waals surface area contributed by atoms with Crippen LogP contribution in [0.4, 0.5) is 5.69 Å². The Kier molecular flexibility index (Phi) is 6.30. The second kappa shape index (κ2) is 9.21. The van der Waals surface area contributed by atoms with E-state index in [1.165, 1.54) is 6.42 Å². The minimum absolute atomic E-state index is 0.129. The zero-order valence-corrected chi connectivity index (χ0v) is 20.6. The second-order valence-corrected chi connectivity index (χ2v) is 9.93. The van der Waals surface area contributed by atoms with Gasteiger partial charge in [0.1, 0.15) is 5.82 Å². The van der Waals surface area contributed by atoms with Crippen LogP contribution in [0.3, 0.4) is 0 Å². The highest BCUT2D eigenvalue weighted by molar-refractivity contribution is 6.36. The number of fused-ring (bicyclic) bond motifs is 3. The first-order chi connectivity index (χ1) is 16.0. The van der Waals surface area contributed by atoms with Gasteiger partial charge in [0.25, 0.3) is 5.91 Å². The number of carbonyl (C=O) groups is 1. The molecule has 5 nitrogen and oxygen atoms in total. The number of imidazole rings is 1. The molecule has 172 valence electrons. The molecule has 33 heavy (non-hydrogen) atoms. The van der Waals surface area contributed by atoms with E-state index in [2.05, 4.69) is 17.1 Å². The summed E-state index contributed by atoms with van der Waals surface area (Å²) in [6.07, 6.45) is 5.56. The molecule has 8 heteroatoms. The fraction of sp³-hybridized carbons (Fsp3) is 0.360. The summed E-state index contributed by atoms with van der Waals surface area (Å²) in [5.41, 5.74) is 3.94. The first-order valence-electron chi connectivity index (χ1n) is 11.4. The predicted molar refractivity (Wildman–Crippen MR) is 135 cm³/mol. The van der Waals surface area contributed by atoms with Crippen LogP contribution in [0.5, 0.6) is 0 Å². The van der Waals surface area contributed by atoms with E-state index in [0.29, 0.717) is 33.1 Å². The standard InChI is InChI=1S/C25H25Cl3N4O/c1-2-31-14-22-23(25(33)29-17-6-4-3-5-7-17)30-24(18-10-8-15(26)12-19(18)28)32(22)20-11-9-16(27)13-21(20)31/h8-13,17H,2-7,14H2,1H3,(H,29,33). The Balaban J connectivity index is 1.67. The molecule has 2 aliphatic rings. The SMILES string of the molecule is CCN1Cc2c(C(=O)NC3CCCCC3)nc(-c3ccc(Cl)cc3Cl)n2-c2ccc(Cl)cc21. The van der Waals surface area contributed by atoms with Gasteiger partial charge in [-0.15, -0.1) is 0 Å². The third-order valence-corrected chi connectivity index (χ3v) is 7.32. The van der Waals surface area contributed by atoms with Gasteiger partial charge in [-0.3, -0.25) is 9.36 Å². The Labute approximate surface area is 208 Å². The monoisotopic (exact) mass is 502 g/mol. The first kappa shape index (κ1) is 22.6. The number of benzene rings is 2. The fourth-order valence-electron chi connectivity index (χ4n) is 4.88. The van der Waals surface area contributed by atoms with Crippen molar-refractivity contribution < 1.29 is 4.79 Å². The maximum absolute atomic E-state index is 13.4. The number of amides is 1. The van der Waals surface area contributed by atoms with Crippen LogP contribution in [0.1, 0.15) is 55.2 Å². The van der Waals surface area contributed by atoms with Gasteiger partial charge in [-0.2, -0.15) is 0 Å². The van der Waals surface area contributed by atoms with Gasteiger partial charge in [0.05, 0.1) is 28.6 Å². The van der Waals surface area contributed by atoms with Crippen molar-refractivity contribution in [1.82, 2.24) is 14.9 Å². The van der Waals surface area contributed by atoms with Crippen molar-refractivity contribution in [3.8, 4) is 17.1 Å². The molecule has 1 aromatic heterocycles. The summed E-state index contributed by atoms with van der Waals surface area (Å²) in [6.45, 7) is 3.42. The van der Waals surface area contributed by atoms with E-state index in [4.69, 9.17) is 39.8 Å². The molecule has 2 aromatic carbocycles. The lowest BCUT2D eigenvalue weighted by Crippen LogP contribution is -2.38. The largest absolute Gasteiger partial charge is 0.364 e. The molecule has 2 heterocycles.